The lowest BCUT2D eigenvalue weighted by atomic mass is 9.99. The minimum absolute atomic E-state index is 0.467. The summed E-state index contributed by atoms with van der Waals surface area (Å²) in [4.78, 5) is 0. The summed E-state index contributed by atoms with van der Waals surface area (Å²) in [5, 5.41) is 3.46. The van der Waals surface area contributed by atoms with Crippen molar-refractivity contribution in [3.8, 4) is 0 Å². The lowest BCUT2D eigenvalue weighted by Gasteiger charge is -2.18. The average molecular weight is 452 g/mol. The van der Waals surface area contributed by atoms with Crippen LogP contribution >= 0.6 is 38.5 Å². The van der Waals surface area contributed by atoms with Gasteiger partial charge in [-0.1, -0.05) is 67.8 Å². The van der Waals surface area contributed by atoms with Crippen LogP contribution in [0.5, 0.6) is 0 Å². The molecule has 1 aromatic rings. The number of benzene rings is 1. The van der Waals surface area contributed by atoms with Crippen molar-refractivity contribution >= 4 is 38.5 Å². The molecule has 114 valence electrons. The first-order valence-electron chi connectivity index (χ1n) is 7.81. The van der Waals surface area contributed by atoms with Gasteiger partial charge in [-0.05, 0) is 59.8 Å². The second-order valence-corrected chi connectivity index (χ2v) is 7.52. The van der Waals surface area contributed by atoms with Crippen LogP contribution in [0.1, 0.15) is 69.9 Å². The summed E-state index contributed by atoms with van der Waals surface area (Å²) in [6.45, 7) is 2.27. The third-order valence-corrected chi connectivity index (χ3v) is 5.17. The second kappa shape index (κ2) is 11.0. The molecular weight excluding hydrogens is 425 g/mol. The lowest BCUT2D eigenvalue weighted by molar-refractivity contribution is 0.494. The highest BCUT2D eigenvalue weighted by Crippen LogP contribution is 2.28. The molecule has 1 rings (SSSR count). The minimum Gasteiger partial charge on any atom is -0.313 e. The van der Waals surface area contributed by atoms with Crippen molar-refractivity contribution in [2.75, 3.05) is 7.05 Å². The summed E-state index contributed by atoms with van der Waals surface area (Å²) in [6, 6.07) is 7.06. The maximum Gasteiger partial charge on any atom is 0.0329 e. The van der Waals surface area contributed by atoms with Gasteiger partial charge in [-0.3, -0.25) is 0 Å². The van der Waals surface area contributed by atoms with E-state index in [-0.39, 0.29) is 0 Å². The number of nitrogens with one attached hydrogen (secondary N) is 1. The van der Waals surface area contributed by atoms with E-state index in [4.69, 9.17) is 0 Å². The van der Waals surface area contributed by atoms with Crippen molar-refractivity contribution in [1.29, 1.82) is 0 Å². The Bertz CT molecular complexity index is 381. The van der Waals surface area contributed by atoms with E-state index in [0.717, 1.165) is 0 Å². The van der Waals surface area contributed by atoms with Gasteiger partial charge in [-0.25, -0.2) is 0 Å². The molecule has 0 heterocycles. The Hall–Kier alpha value is 0.390. The monoisotopic (exact) mass is 451 g/mol. The van der Waals surface area contributed by atoms with Gasteiger partial charge < -0.3 is 5.32 Å². The van der Waals surface area contributed by atoms with Gasteiger partial charge in [-0.15, -0.1) is 0 Å². The van der Waals surface area contributed by atoms with Gasteiger partial charge in [0.1, 0.15) is 0 Å². The molecule has 0 saturated heterocycles. The summed E-state index contributed by atoms with van der Waals surface area (Å²) in [7, 11) is 2.07. The molecule has 1 nitrogen and oxygen atoms in total. The molecule has 0 aromatic heterocycles. The Morgan fingerprint density at radius 3 is 2.40 bits per heavy atom. The Balaban J connectivity index is 2.34. The topological polar surface area (TPSA) is 12.0 Å². The molecule has 3 heteroatoms. The Kier molecular flexibility index (Phi) is 10.2. The van der Waals surface area contributed by atoms with Crippen molar-refractivity contribution < 1.29 is 0 Å². The van der Waals surface area contributed by atoms with Crippen molar-refractivity contribution in [3.05, 3.63) is 31.8 Å². The van der Waals surface area contributed by atoms with E-state index >= 15 is 0 Å². The molecule has 20 heavy (non-hydrogen) atoms. The first-order valence-corrected chi connectivity index (χ1v) is 9.68. The predicted molar refractivity (Wildman–Crippen MR) is 101 cm³/mol. The zero-order chi connectivity index (χ0) is 14.8. The van der Waals surface area contributed by atoms with Gasteiger partial charge in [0.25, 0.3) is 0 Å². The van der Waals surface area contributed by atoms with Gasteiger partial charge in [0.2, 0.25) is 0 Å². The van der Waals surface area contributed by atoms with E-state index < -0.39 is 0 Å². The number of rotatable bonds is 10. The number of hydrogen-bond acceptors (Lipinski definition) is 1. The molecule has 0 fully saturated rings. The molecule has 1 atom stereocenters. The van der Waals surface area contributed by atoms with Crippen molar-refractivity contribution in [2.24, 2.45) is 0 Å². The number of hydrogen-bond donors (Lipinski definition) is 1. The average Bonchev–Trinajstić information content (AvgIpc) is 2.45. The van der Waals surface area contributed by atoms with Crippen molar-refractivity contribution in [3.63, 3.8) is 0 Å². The molecule has 0 amide bonds. The van der Waals surface area contributed by atoms with E-state index in [1.54, 1.807) is 0 Å². The normalized spacial score (nSPS) is 12.6. The fourth-order valence-corrected chi connectivity index (χ4v) is 3.58. The van der Waals surface area contributed by atoms with Gasteiger partial charge in [-0.2, -0.15) is 0 Å². The molecule has 1 aromatic carbocycles. The van der Waals surface area contributed by atoms with Crippen molar-refractivity contribution in [1.82, 2.24) is 5.32 Å². The molecule has 0 saturated carbocycles. The van der Waals surface area contributed by atoms with Crippen LogP contribution in [0.15, 0.2) is 22.7 Å². The maximum atomic E-state index is 3.68. The molecule has 0 bridgehead atoms. The molecule has 1 N–H and O–H groups in total. The predicted octanol–water partition coefficient (Wildman–Crippen LogP) is 6.45. The quantitative estimate of drug-likeness (QED) is 0.318. The standard InChI is InChI=1S/C17H27BrIN/c1-3-4-5-6-7-8-9-10-17(20-2)15-13-14(19)11-12-16(15)18/h11-13,17,20H,3-10H2,1-2H3. The smallest absolute Gasteiger partial charge is 0.0329 e. The largest absolute Gasteiger partial charge is 0.313 e. The third-order valence-electron chi connectivity index (χ3n) is 3.78. The Morgan fingerprint density at radius 2 is 1.75 bits per heavy atom. The van der Waals surface area contributed by atoms with Crippen LogP contribution in [0.4, 0.5) is 0 Å². The van der Waals surface area contributed by atoms with Crippen LogP contribution < -0.4 is 5.32 Å². The molecular formula is C17H27BrIN. The van der Waals surface area contributed by atoms with Crippen LogP contribution in [-0.2, 0) is 0 Å². The zero-order valence-electron chi connectivity index (χ0n) is 12.7. The van der Waals surface area contributed by atoms with Crippen LogP contribution in [-0.4, -0.2) is 7.05 Å². The molecule has 0 radical (unpaired) electrons. The van der Waals surface area contributed by atoms with Gasteiger partial charge in [0.15, 0.2) is 0 Å². The molecule has 0 aliphatic heterocycles. The van der Waals surface area contributed by atoms with Gasteiger partial charge >= 0.3 is 0 Å². The van der Waals surface area contributed by atoms with E-state index in [9.17, 15) is 0 Å². The molecule has 0 aliphatic rings. The first kappa shape index (κ1) is 18.4. The summed E-state index contributed by atoms with van der Waals surface area (Å²) >= 11 is 6.07. The maximum absolute atomic E-state index is 3.68. The van der Waals surface area contributed by atoms with E-state index in [1.165, 1.54) is 65.0 Å². The Labute approximate surface area is 146 Å². The van der Waals surface area contributed by atoms with Gasteiger partial charge in [0.05, 0.1) is 0 Å². The summed E-state index contributed by atoms with van der Waals surface area (Å²) in [6.07, 6.45) is 10.8. The summed E-state index contributed by atoms with van der Waals surface area (Å²) in [5.74, 6) is 0. The van der Waals surface area contributed by atoms with Crippen molar-refractivity contribution in [2.45, 2.75) is 64.3 Å². The number of unbranched alkanes of at least 4 members (excludes halogenated alkanes) is 6. The molecule has 0 aliphatic carbocycles. The fourth-order valence-electron chi connectivity index (χ4n) is 2.54. The number of halogens is 2. The third kappa shape index (κ3) is 6.90. The lowest BCUT2D eigenvalue weighted by Crippen LogP contribution is -2.17. The van der Waals surface area contributed by atoms with E-state index in [0.29, 0.717) is 6.04 Å². The highest BCUT2D eigenvalue weighted by atomic mass is 127. The summed E-state index contributed by atoms with van der Waals surface area (Å²) in [5.41, 5.74) is 1.39. The molecule has 1 unspecified atom stereocenters. The second-order valence-electron chi connectivity index (χ2n) is 5.42. The van der Waals surface area contributed by atoms with Crippen LogP contribution in [0, 0.1) is 3.57 Å². The highest BCUT2D eigenvalue weighted by Gasteiger charge is 2.12. The fraction of sp³-hybridized carbons (Fsp3) is 0.647. The van der Waals surface area contributed by atoms with Crippen LogP contribution in [0.2, 0.25) is 0 Å². The van der Waals surface area contributed by atoms with E-state index in [1.807, 2.05) is 0 Å². The Morgan fingerprint density at radius 1 is 1.10 bits per heavy atom. The summed E-state index contributed by atoms with van der Waals surface area (Å²) < 4.78 is 2.53. The van der Waals surface area contributed by atoms with E-state index in [2.05, 4.69) is 76.0 Å². The van der Waals surface area contributed by atoms with Gasteiger partial charge in [0, 0.05) is 14.1 Å². The first-order chi connectivity index (χ1) is 9.69. The SMILES string of the molecule is CCCCCCCCCC(NC)c1cc(I)ccc1Br. The highest BCUT2D eigenvalue weighted by molar-refractivity contribution is 14.1. The van der Waals surface area contributed by atoms with Crippen LogP contribution in [0.3, 0.4) is 0 Å². The van der Waals surface area contributed by atoms with Crippen LogP contribution in [0.25, 0.3) is 0 Å². The molecule has 0 spiro atoms. The minimum atomic E-state index is 0.467. The zero-order valence-corrected chi connectivity index (χ0v) is 16.5.